The number of hydrogen-bond acceptors (Lipinski definition) is 5. The summed E-state index contributed by atoms with van der Waals surface area (Å²) < 4.78 is 17.6. The van der Waals surface area contributed by atoms with Crippen LogP contribution in [0.15, 0.2) is 29.1 Å². The van der Waals surface area contributed by atoms with Crippen LogP contribution >= 0.6 is 0 Å². The Kier molecular flexibility index (Phi) is 2.99. The monoisotopic (exact) mass is 236 g/mol. The first-order chi connectivity index (χ1) is 8.16. The number of hydrogen-bond donors (Lipinski definition) is 2. The molecule has 1 aromatic carbocycles. The van der Waals surface area contributed by atoms with Crippen molar-refractivity contribution >= 4 is 11.6 Å². The fourth-order valence-electron chi connectivity index (χ4n) is 1.20. The summed E-state index contributed by atoms with van der Waals surface area (Å²) in [5.74, 6) is -0.722. The van der Waals surface area contributed by atoms with Crippen LogP contribution in [0, 0.1) is 5.82 Å². The summed E-state index contributed by atoms with van der Waals surface area (Å²) in [6.45, 7) is 0.112. The molecular weight excluding hydrogens is 227 g/mol. The first kappa shape index (κ1) is 11.1. The molecule has 0 atom stereocenters. The number of nitrogens with one attached hydrogen (secondary N) is 1. The van der Waals surface area contributed by atoms with Crippen LogP contribution in [0.3, 0.4) is 0 Å². The normalized spacial score (nSPS) is 10.2. The van der Waals surface area contributed by atoms with Crippen LogP contribution in [-0.2, 0) is 6.54 Å². The van der Waals surface area contributed by atoms with Gasteiger partial charge in [-0.2, -0.15) is 4.98 Å². The number of halogens is 1. The van der Waals surface area contributed by atoms with Crippen molar-refractivity contribution in [2.24, 2.45) is 0 Å². The molecule has 88 valence electrons. The second-order valence-corrected chi connectivity index (χ2v) is 3.27. The van der Waals surface area contributed by atoms with E-state index in [1.165, 1.54) is 12.1 Å². The Morgan fingerprint density at radius 1 is 1.53 bits per heavy atom. The smallest absolute Gasteiger partial charge is 0.251 e. The molecule has 0 aliphatic heterocycles. The van der Waals surface area contributed by atoms with Crippen molar-refractivity contribution in [1.82, 2.24) is 15.5 Å². The highest BCUT2D eigenvalue weighted by molar-refractivity contribution is 5.94. The third-order valence-corrected chi connectivity index (χ3v) is 2.08. The van der Waals surface area contributed by atoms with Gasteiger partial charge in [0.05, 0.1) is 12.2 Å². The number of nitrogen functional groups attached to an aromatic ring is 1. The van der Waals surface area contributed by atoms with E-state index >= 15 is 0 Å². The minimum atomic E-state index is -0.628. The van der Waals surface area contributed by atoms with Crippen LogP contribution in [0.1, 0.15) is 16.2 Å². The highest BCUT2D eigenvalue weighted by Crippen LogP contribution is 2.11. The third kappa shape index (κ3) is 2.57. The zero-order valence-electron chi connectivity index (χ0n) is 8.68. The molecule has 17 heavy (non-hydrogen) atoms. The van der Waals surface area contributed by atoms with Gasteiger partial charge in [-0.25, -0.2) is 4.39 Å². The molecule has 0 aliphatic rings. The van der Waals surface area contributed by atoms with Gasteiger partial charge in [-0.1, -0.05) is 5.16 Å². The number of carbonyl (C=O) groups is 1. The lowest BCUT2D eigenvalue weighted by molar-refractivity contribution is 0.0949. The summed E-state index contributed by atoms with van der Waals surface area (Å²) in [6, 6.07) is 3.84. The predicted octanol–water partition coefficient (Wildman–Crippen LogP) is 0.721. The highest BCUT2D eigenvalue weighted by Gasteiger charge is 2.09. The molecule has 7 heteroatoms. The van der Waals surface area contributed by atoms with E-state index in [1.54, 1.807) is 0 Å². The number of nitrogens with two attached hydrogens (primary N) is 1. The number of carbonyl (C=O) groups excluding carboxylic acids is 1. The topological polar surface area (TPSA) is 94.0 Å². The minimum absolute atomic E-state index is 0.000261. The number of nitrogens with zero attached hydrogens (tertiary/aromatic N) is 2. The average molecular weight is 236 g/mol. The first-order valence-electron chi connectivity index (χ1n) is 4.75. The van der Waals surface area contributed by atoms with Crippen LogP contribution in [0.2, 0.25) is 0 Å². The van der Waals surface area contributed by atoms with Crippen LogP contribution in [0.4, 0.5) is 10.1 Å². The molecule has 0 aliphatic carbocycles. The van der Waals surface area contributed by atoms with Crippen molar-refractivity contribution in [1.29, 1.82) is 0 Å². The van der Waals surface area contributed by atoms with Gasteiger partial charge in [-0.3, -0.25) is 4.79 Å². The molecule has 1 aromatic heterocycles. The zero-order valence-corrected chi connectivity index (χ0v) is 8.68. The maximum Gasteiger partial charge on any atom is 0.251 e. The van der Waals surface area contributed by atoms with E-state index in [-0.39, 0.29) is 17.8 Å². The molecule has 1 heterocycles. The molecule has 0 radical (unpaired) electrons. The largest absolute Gasteiger partial charge is 0.396 e. The fraction of sp³-hybridized carbons (Fsp3) is 0.100. The van der Waals surface area contributed by atoms with Gasteiger partial charge in [-0.15, -0.1) is 0 Å². The maximum atomic E-state index is 13.1. The molecule has 0 unspecified atom stereocenters. The molecule has 0 spiro atoms. The van der Waals surface area contributed by atoms with Gasteiger partial charge in [0.25, 0.3) is 5.91 Å². The number of amides is 1. The van der Waals surface area contributed by atoms with Gasteiger partial charge in [0.2, 0.25) is 6.39 Å². The fourth-order valence-corrected chi connectivity index (χ4v) is 1.20. The minimum Gasteiger partial charge on any atom is -0.396 e. The zero-order chi connectivity index (χ0) is 12.3. The SMILES string of the molecule is Nc1ccc(C(=O)NCc2ncon2)cc1F. The molecule has 6 nitrogen and oxygen atoms in total. The van der Waals surface area contributed by atoms with Crippen molar-refractivity contribution in [3.63, 3.8) is 0 Å². The van der Waals surface area contributed by atoms with E-state index in [9.17, 15) is 9.18 Å². The molecule has 0 fully saturated rings. The Balaban J connectivity index is 2.02. The molecule has 0 saturated carbocycles. The van der Waals surface area contributed by atoms with Gasteiger partial charge < -0.3 is 15.6 Å². The van der Waals surface area contributed by atoms with Crippen molar-refractivity contribution in [2.45, 2.75) is 6.54 Å². The van der Waals surface area contributed by atoms with Crippen LogP contribution in [-0.4, -0.2) is 16.0 Å². The molecule has 2 aromatic rings. The number of aromatic nitrogens is 2. The molecule has 1 amide bonds. The summed E-state index contributed by atoms with van der Waals surface area (Å²) >= 11 is 0. The van der Waals surface area contributed by atoms with E-state index in [0.717, 1.165) is 12.5 Å². The summed E-state index contributed by atoms with van der Waals surface area (Å²) in [6.07, 6.45) is 1.16. The number of rotatable bonds is 3. The Morgan fingerprint density at radius 2 is 2.35 bits per heavy atom. The summed E-state index contributed by atoms with van der Waals surface area (Å²) in [5, 5.41) is 6.04. The lowest BCUT2D eigenvalue weighted by Crippen LogP contribution is -2.23. The summed E-state index contributed by atoms with van der Waals surface area (Å²) in [5.41, 5.74) is 5.48. The Morgan fingerprint density at radius 3 is 3.00 bits per heavy atom. The van der Waals surface area contributed by atoms with E-state index < -0.39 is 11.7 Å². The van der Waals surface area contributed by atoms with Crippen molar-refractivity contribution < 1.29 is 13.7 Å². The second-order valence-electron chi connectivity index (χ2n) is 3.27. The van der Waals surface area contributed by atoms with Crippen LogP contribution in [0.25, 0.3) is 0 Å². The molecule has 3 N–H and O–H groups in total. The van der Waals surface area contributed by atoms with E-state index in [0.29, 0.717) is 5.82 Å². The van der Waals surface area contributed by atoms with E-state index in [4.69, 9.17) is 5.73 Å². The standard InChI is InChI=1S/C10H9FN4O2/c11-7-3-6(1-2-8(7)12)10(16)13-4-9-14-5-17-15-9/h1-3,5H,4,12H2,(H,13,16). The van der Waals surface area contributed by atoms with Crippen LogP contribution in [0.5, 0.6) is 0 Å². The van der Waals surface area contributed by atoms with Gasteiger partial charge in [0.1, 0.15) is 5.82 Å². The molecule has 0 bridgehead atoms. The maximum absolute atomic E-state index is 13.1. The first-order valence-corrected chi connectivity index (χ1v) is 4.75. The van der Waals surface area contributed by atoms with E-state index in [2.05, 4.69) is 20.0 Å². The van der Waals surface area contributed by atoms with Crippen LogP contribution < -0.4 is 11.1 Å². The lowest BCUT2D eigenvalue weighted by atomic mass is 10.2. The Labute approximate surface area is 95.6 Å². The lowest BCUT2D eigenvalue weighted by Gasteiger charge is -2.03. The van der Waals surface area contributed by atoms with Gasteiger partial charge in [0.15, 0.2) is 5.82 Å². The van der Waals surface area contributed by atoms with Crippen molar-refractivity contribution in [3.05, 3.63) is 41.8 Å². The predicted molar refractivity (Wildman–Crippen MR) is 56.3 cm³/mol. The van der Waals surface area contributed by atoms with Gasteiger partial charge in [-0.05, 0) is 18.2 Å². The molecule has 0 saturated heterocycles. The third-order valence-electron chi connectivity index (χ3n) is 2.08. The average Bonchev–Trinajstić information content (AvgIpc) is 2.82. The van der Waals surface area contributed by atoms with Gasteiger partial charge >= 0.3 is 0 Å². The number of anilines is 1. The Hall–Kier alpha value is -2.44. The van der Waals surface area contributed by atoms with E-state index in [1.807, 2.05) is 0 Å². The van der Waals surface area contributed by atoms with Crippen molar-refractivity contribution in [2.75, 3.05) is 5.73 Å². The summed E-state index contributed by atoms with van der Waals surface area (Å²) in [4.78, 5) is 15.3. The second kappa shape index (κ2) is 4.60. The molecule has 2 rings (SSSR count). The highest BCUT2D eigenvalue weighted by atomic mass is 19.1. The number of benzene rings is 1. The molecular formula is C10H9FN4O2. The Bertz CT molecular complexity index is 527. The quantitative estimate of drug-likeness (QED) is 0.766. The summed E-state index contributed by atoms with van der Waals surface area (Å²) in [7, 11) is 0. The van der Waals surface area contributed by atoms with Gasteiger partial charge in [0, 0.05) is 5.56 Å². The van der Waals surface area contributed by atoms with Crippen molar-refractivity contribution in [3.8, 4) is 0 Å².